The van der Waals surface area contributed by atoms with Crippen LogP contribution in [0.2, 0.25) is 5.02 Å². The Morgan fingerprint density at radius 3 is 2.55 bits per heavy atom. The maximum Gasteiger partial charge on any atom is 0.158 e. The van der Waals surface area contributed by atoms with Crippen LogP contribution in [0.1, 0.15) is 11.1 Å². The summed E-state index contributed by atoms with van der Waals surface area (Å²) in [6.45, 7) is 0. The molecule has 0 N–H and O–H groups in total. The van der Waals surface area contributed by atoms with E-state index in [1.54, 1.807) is 42.3 Å². The Morgan fingerprint density at radius 1 is 1.30 bits per heavy atom. The molecule has 0 amide bonds. The number of aryl methyl sites for hydroxylation is 1. The van der Waals surface area contributed by atoms with E-state index in [1.165, 1.54) is 7.11 Å². The lowest BCUT2D eigenvalue weighted by Gasteiger charge is -2.06. The number of benzene rings is 1. The molecule has 108 valence electrons. The van der Waals surface area contributed by atoms with Crippen LogP contribution >= 0.6 is 11.6 Å². The van der Waals surface area contributed by atoms with E-state index < -0.39 is 9.84 Å². The summed E-state index contributed by atoms with van der Waals surface area (Å²) in [6.07, 6.45) is 3.25. The Kier molecular flexibility index (Phi) is 4.35. The third-order valence-electron chi connectivity index (χ3n) is 2.75. The van der Waals surface area contributed by atoms with E-state index in [9.17, 15) is 8.42 Å². The number of aromatic nitrogens is 2. The molecular weight excluding hydrogens is 300 g/mol. The molecule has 5 nitrogen and oxygen atoms in total. The number of hydrogen-bond acceptors (Lipinski definition) is 4. The van der Waals surface area contributed by atoms with Gasteiger partial charge in [-0.1, -0.05) is 17.7 Å². The highest BCUT2D eigenvalue weighted by molar-refractivity contribution is 7.89. The molecule has 1 aromatic carbocycles. The van der Waals surface area contributed by atoms with Crippen LogP contribution < -0.4 is 4.74 Å². The minimum atomic E-state index is -3.26. The molecule has 20 heavy (non-hydrogen) atoms. The highest BCUT2D eigenvalue weighted by Gasteiger charge is 2.15. The summed E-state index contributed by atoms with van der Waals surface area (Å²) in [4.78, 5) is 0. The Hall–Kier alpha value is -1.53. The van der Waals surface area contributed by atoms with Gasteiger partial charge in [-0.2, -0.15) is 5.10 Å². The van der Waals surface area contributed by atoms with Gasteiger partial charge in [0.1, 0.15) is 5.75 Å². The van der Waals surface area contributed by atoms with E-state index in [1.807, 2.05) is 0 Å². The maximum atomic E-state index is 12.1. The molecule has 0 fully saturated rings. The quantitative estimate of drug-likeness (QED) is 0.849. The summed E-state index contributed by atoms with van der Waals surface area (Å²) < 4.78 is 30.9. The first-order chi connectivity index (χ1) is 9.39. The van der Waals surface area contributed by atoms with Crippen LogP contribution in [0, 0.1) is 0 Å². The summed E-state index contributed by atoms with van der Waals surface area (Å²) in [5.74, 6) is 0.427. The predicted molar refractivity (Wildman–Crippen MR) is 77.5 cm³/mol. The van der Waals surface area contributed by atoms with Crippen molar-refractivity contribution in [3.8, 4) is 5.75 Å². The lowest BCUT2D eigenvalue weighted by atomic mass is 10.2. The third kappa shape index (κ3) is 3.74. The van der Waals surface area contributed by atoms with Gasteiger partial charge in [0.05, 0.1) is 29.8 Å². The van der Waals surface area contributed by atoms with E-state index in [-0.39, 0.29) is 11.5 Å². The molecule has 1 heterocycles. The summed E-state index contributed by atoms with van der Waals surface area (Å²) in [5.41, 5.74) is 1.31. The highest BCUT2D eigenvalue weighted by Crippen LogP contribution is 2.26. The molecule has 0 saturated carbocycles. The maximum absolute atomic E-state index is 12.1. The fraction of sp³-hybridized carbons (Fsp3) is 0.308. The van der Waals surface area contributed by atoms with Crippen molar-refractivity contribution in [1.29, 1.82) is 0 Å². The molecule has 2 aromatic rings. The van der Waals surface area contributed by atoms with Crippen LogP contribution in [0.25, 0.3) is 0 Å². The average Bonchev–Trinajstić information content (AvgIpc) is 2.73. The first-order valence-electron chi connectivity index (χ1n) is 5.90. The molecule has 0 radical (unpaired) electrons. The molecule has 0 aliphatic heterocycles. The van der Waals surface area contributed by atoms with Crippen LogP contribution in [0.3, 0.4) is 0 Å². The smallest absolute Gasteiger partial charge is 0.158 e. The van der Waals surface area contributed by atoms with E-state index in [0.29, 0.717) is 21.9 Å². The zero-order valence-electron chi connectivity index (χ0n) is 11.2. The molecule has 2 rings (SSSR count). The summed E-state index contributed by atoms with van der Waals surface area (Å²) in [5, 5.41) is 4.36. The molecule has 1 aromatic heterocycles. The number of methoxy groups -OCH3 is 1. The van der Waals surface area contributed by atoms with Crippen molar-refractivity contribution in [2.24, 2.45) is 7.05 Å². The van der Waals surface area contributed by atoms with E-state index in [4.69, 9.17) is 16.3 Å². The van der Waals surface area contributed by atoms with E-state index >= 15 is 0 Å². The molecule has 0 aliphatic carbocycles. The van der Waals surface area contributed by atoms with Crippen LogP contribution in [-0.4, -0.2) is 25.3 Å². The first-order valence-corrected chi connectivity index (χ1v) is 8.10. The Labute approximate surface area is 123 Å². The van der Waals surface area contributed by atoms with Gasteiger partial charge >= 0.3 is 0 Å². The van der Waals surface area contributed by atoms with Gasteiger partial charge in [0.25, 0.3) is 0 Å². The molecule has 0 spiro atoms. The standard InChI is InChI=1S/C13H15ClN2O3S/c1-16-7-11(6-15-16)9-20(17,18)8-10-3-4-13(19-2)12(14)5-10/h3-7H,8-9H2,1-2H3. The van der Waals surface area contributed by atoms with Gasteiger partial charge < -0.3 is 4.74 Å². The van der Waals surface area contributed by atoms with E-state index in [0.717, 1.165) is 0 Å². The van der Waals surface area contributed by atoms with Crippen molar-refractivity contribution >= 4 is 21.4 Å². The Bertz CT molecular complexity index is 710. The van der Waals surface area contributed by atoms with Gasteiger partial charge in [0.2, 0.25) is 0 Å². The van der Waals surface area contributed by atoms with Gasteiger partial charge in [0.15, 0.2) is 9.84 Å². The highest BCUT2D eigenvalue weighted by atomic mass is 35.5. The van der Waals surface area contributed by atoms with Crippen LogP contribution in [-0.2, 0) is 28.4 Å². The molecule has 0 unspecified atom stereocenters. The lowest BCUT2D eigenvalue weighted by Crippen LogP contribution is -2.07. The summed E-state index contributed by atoms with van der Waals surface area (Å²) in [6, 6.07) is 4.98. The van der Waals surface area contributed by atoms with Gasteiger partial charge in [-0.15, -0.1) is 0 Å². The third-order valence-corrected chi connectivity index (χ3v) is 4.59. The topological polar surface area (TPSA) is 61.2 Å². The number of halogens is 1. The minimum Gasteiger partial charge on any atom is -0.495 e. The van der Waals surface area contributed by atoms with E-state index in [2.05, 4.69) is 5.10 Å². The average molecular weight is 315 g/mol. The first kappa shape index (κ1) is 14.9. The van der Waals surface area contributed by atoms with Gasteiger partial charge in [0, 0.05) is 18.8 Å². The number of hydrogen-bond donors (Lipinski definition) is 0. The second kappa shape index (κ2) is 5.85. The van der Waals surface area contributed by atoms with Gasteiger partial charge in [-0.05, 0) is 17.7 Å². The predicted octanol–water partition coefficient (Wildman–Crippen LogP) is 2.20. The number of ether oxygens (including phenoxy) is 1. The normalized spacial score (nSPS) is 11.6. The largest absolute Gasteiger partial charge is 0.495 e. The van der Waals surface area contributed by atoms with Crippen molar-refractivity contribution < 1.29 is 13.2 Å². The minimum absolute atomic E-state index is 0.0372. The number of nitrogens with zero attached hydrogens (tertiary/aromatic N) is 2. The van der Waals surface area contributed by atoms with Crippen molar-refractivity contribution in [2.75, 3.05) is 7.11 Å². The summed E-state index contributed by atoms with van der Waals surface area (Å²) >= 11 is 5.99. The molecule has 0 aliphatic rings. The van der Waals surface area contributed by atoms with Gasteiger partial charge in [-0.25, -0.2) is 8.42 Å². The number of rotatable bonds is 5. The molecule has 0 atom stereocenters. The SMILES string of the molecule is COc1ccc(CS(=O)(=O)Cc2cnn(C)c2)cc1Cl. The van der Waals surface area contributed by atoms with Crippen molar-refractivity contribution in [3.63, 3.8) is 0 Å². The summed E-state index contributed by atoms with van der Waals surface area (Å²) in [7, 11) is -0.000184. The van der Waals surface area contributed by atoms with Crippen molar-refractivity contribution in [3.05, 3.63) is 46.7 Å². The Morgan fingerprint density at radius 2 is 2.00 bits per heavy atom. The second-order valence-electron chi connectivity index (χ2n) is 4.52. The zero-order valence-corrected chi connectivity index (χ0v) is 12.8. The fourth-order valence-corrected chi connectivity index (χ4v) is 3.63. The number of sulfone groups is 1. The zero-order chi connectivity index (χ0) is 14.8. The monoisotopic (exact) mass is 314 g/mol. The molecule has 7 heteroatoms. The molecule has 0 saturated heterocycles. The van der Waals surface area contributed by atoms with Crippen molar-refractivity contribution in [1.82, 2.24) is 9.78 Å². The van der Waals surface area contributed by atoms with Crippen LogP contribution in [0.15, 0.2) is 30.6 Å². The van der Waals surface area contributed by atoms with Crippen LogP contribution in [0.4, 0.5) is 0 Å². The van der Waals surface area contributed by atoms with Crippen molar-refractivity contribution in [2.45, 2.75) is 11.5 Å². The van der Waals surface area contributed by atoms with Crippen LogP contribution in [0.5, 0.6) is 5.75 Å². The molecular formula is C13H15ClN2O3S. The van der Waals surface area contributed by atoms with Gasteiger partial charge in [-0.3, -0.25) is 4.68 Å². The second-order valence-corrected chi connectivity index (χ2v) is 7.00. The molecule has 0 bridgehead atoms. The fourth-order valence-electron chi connectivity index (χ4n) is 1.90. The Balaban J connectivity index is 2.13. The lowest BCUT2D eigenvalue weighted by molar-refractivity contribution is 0.415.